The van der Waals surface area contributed by atoms with Crippen LogP contribution in [0, 0.1) is 0 Å². The first-order chi connectivity index (χ1) is 9.63. The second-order valence-electron chi connectivity index (χ2n) is 5.00. The largest absolute Gasteiger partial charge is 0.375 e. The number of likely N-dealkylation sites (N-methyl/N-ethyl adjacent to an activating group) is 1. The zero-order chi connectivity index (χ0) is 14.5. The number of carbonyl (C=O) groups excluding carboxylic acids is 2. The number of benzene rings is 1. The molecule has 1 atom stereocenters. The van der Waals surface area contributed by atoms with Gasteiger partial charge in [-0.15, -0.1) is 0 Å². The summed E-state index contributed by atoms with van der Waals surface area (Å²) in [5.41, 5.74) is 1.84. The van der Waals surface area contributed by atoms with Gasteiger partial charge in [0.25, 0.3) is 5.91 Å². The van der Waals surface area contributed by atoms with Crippen LogP contribution < -0.4 is 5.32 Å². The topological polar surface area (TPSA) is 58.6 Å². The number of hydrogen-bond donors (Lipinski definition) is 1. The van der Waals surface area contributed by atoms with Crippen molar-refractivity contribution in [2.24, 2.45) is 0 Å². The third-order valence-corrected chi connectivity index (χ3v) is 3.67. The van der Waals surface area contributed by atoms with Crippen molar-refractivity contribution in [3.8, 4) is 0 Å². The number of hydrogen-bond acceptors (Lipinski definition) is 3. The van der Waals surface area contributed by atoms with E-state index in [1.165, 1.54) is 7.11 Å². The molecule has 0 saturated heterocycles. The molecule has 1 aromatic rings. The van der Waals surface area contributed by atoms with Crippen LogP contribution in [0.15, 0.2) is 24.3 Å². The zero-order valence-corrected chi connectivity index (χ0v) is 11.9. The van der Waals surface area contributed by atoms with Gasteiger partial charge in [-0.25, -0.2) is 0 Å². The van der Waals surface area contributed by atoms with Crippen molar-refractivity contribution >= 4 is 11.8 Å². The first-order valence-corrected chi connectivity index (χ1v) is 6.74. The Kier molecular flexibility index (Phi) is 4.74. The van der Waals surface area contributed by atoms with Gasteiger partial charge in [0.1, 0.15) is 6.61 Å². The number of carbonyl (C=O) groups is 2. The summed E-state index contributed by atoms with van der Waals surface area (Å²) in [4.78, 5) is 25.6. The van der Waals surface area contributed by atoms with E-state index in [2.05, 4.69) is 5.32 Å². The molecule has 1 aromatic carbocycles. The predicted molar refractivity (Wildman–Crippen MR) is 75.5 cm³/mol. The molecule has 2 amide bonds. The summed E-state index contributed by atoms with van der Waals surface area (Å²) < 4.78 is 4.77. The molecule has 0 saturated carbocycles. The van der Waals surface area contributed by atoms with Crippen molar-refractivity contribution in [3.05, 3.63) is 35.4 Å². The number of amides is 2. The Morgan fingerprint density at radius 3 is 2.95 bits per heavy atom. The van der Waals surface area contributed by atoms with Crippen LogP contribution in [0.5, 0.6) is 0 Å². The van der Waals surface area contributed by atoms with Gasteiger partial charge in [0, 0.05) is 32.3 Å². The van der Waals surface area contributed by atoms with Crippen LogP contribution in [-0.4, -0.2) is 50.1 Å². The lowest BCUT2D eigenvalue weighted by atomic mass is 10.0. The molecule has 0 spiro atoms. The molecule has 108 valence electrons. The molecule has 5 heteroatoms. The SMILES string of the molecule is COCC(=O)NCC1CCc2ccccc2C(=O)N1C. The van der Waals surface area contributed by atoms with Gasteiger partial charge in [0.15, 0.2) is 0 Å². The standard InChI is InChI=1S/C15H20N2O3/c1-17-12(9-16-14(18)10-20-2)8-7-11-5-3-4-6-13(11)15(17)19/h3-6,12H,7-10H2,1-2H3,(H,16,18). The molecular weight excluding hydrogens is 256 g/mol. The molecule has 1 aliphatic heterocycles. The normalized spacial score (nSPS) is 18.4. The van der Waals surface area contributed by atoms with Gasteiger partial charge >= 0.3 is 0 Å². The zero-order valence-electron chi connectivity index (χ0n) is 11.9. The fourth-order valence-corrected chi connectivity index (χ4v) is 2.47. The van der Waals surface area contributed by atoms with Crippen LogP contribution >= 0.6 is 0 Å². The summed E-state index contributed by atoms with van der Waals surface area (Å²) in [7, 11) is 3.27. The highest BCUT2D eigenvalue weighted by molar-refractivity contribution is 5.96. The van der Waals surface area contributed by atoms with Crippen LogP contribution in [0.1, 0.15) is 22.3 Å². The average molecular weight is 276 g/mol. The lowest BCUT2D eigenvalue weighted by molar-refractivity contribution is -0.124. The first-order valence-electron chi connectivity index (χ1n) is 6.74. The van der Waals surface area contributed by atoms with Gasteiger partial charge in [-0.1, -0.05) is 18.2 Å². The van der Waals surface area contributed by atoms with Crippen molar-refractivity contribution < 1.29 is 14.3 Å². The molecular formula is C15H20N2O3. The van der Waals surface area contributed by atoms with Gasteiger partial charge in [0.2, 0.25) is 5.91 Å². The predicted octanol–water partition coefficient (Wildman–Crippen LogP) is 0.836. The molecule has 0 aliphatic carbocycles. The van der Waals surface area contributed by atoms with E-state index >= 15 is 0 Å². The van der Waals surface area contributed by atoms with E-state index in [-0.39, 0.29) is 24.5 Å². The number of nitrogens with one attached hydrogen (secondary N) is 1. The lowest BCUT2D eigenvalue weighted by Gasteiger charge is -2.26. The van der Waals surface area contributed by atoms with E-state index < -0.39 is 0 Å². The van der Waals surface area contributed by atoms with E-state index in [1.807, 2.05) is 24.3 Å². The van der Waals surface area contributed by atoms with Gasteiger partial charge in [0.05, 0.1) is 0 Å². The summed E-state index contributed by atoms with van der Waals surface area (Å²) in [6.07, 6.45) is 1.68. The second kappa shape index (κ2) is 6.52. The van der Waals surface area contributed by atoms with E-state index in [4.69, 9.17) is 4.74 Å². The van der Waals surface area contributed by atoms with Gasteiger partial charge in [-0.2, -0.15) is 0 Å². The molecule has 1 N–H and O–H groups in total. The van der Waals surface area contributed by atoms with Gasteiger partial charge in [-0.05, 0) is 24.5 Å². The van der Waals surface area contributed by atoms with Crippen LogP contribution in [0.25, 0.3) is 0 Å². The van der Waals surface area contributed by atoms with Crippen LogP contribution in [-0.2, 0) is 16.0 Å². The highest BCUT2D eigenvalue weighted by Gasteiger charge is 2.26. The monoisotopic (exact) mass is 276 g/mol. The second-order valence-corrected chi connectivity index (χ2v) is 5.00. The number of aryl methyl sites for hydroxylation is 1. The summed E-state index contributed by atoms with van der Waals surface area (Å²) in [6.45, 7) is 0.503. The van der Waals surface area contributed by atoms with E-state index in [9.17, 15) is 9.59 Å². The Morgan fingerprint density at radius 1 is 1.45 bits per heavy atom. The number of fused-ring (bicyclic) bond motifs is 1. The number of methoxy groups -OCH3 is 1. The van der Waals surface area contributed by atoms with Crippen molar-refractivity contribution in [1.29, 1.82) is 0 Å². The molecule has 2 rings (SSSR count). The minimum Gasteiger partial charge on any atom is -0.375 e. The highest BCUT2D eigenvalue weighted by atomic mass is 16.5. The molecule has 0 bridgehead atoms. The number of ether oxygens (including phenoxy) is 1. The van der Waals surface area contributed by atoms with E-state index in [1.54, 1.807) is 11.9 Å². The van der Waals surface area contributed by atoms with E-state index in [0.29, 0.717) is 6.54 Å². The fourth-order valence-electron chi connectivity index (χ4n) is 2.47. The van der Waals surface area contributed by atoms with Crippen molar-refractivity contribution in [2.75, 3.05) is 27.3 Å². The summed E-state index contributed by atoms with van der Waals surface area (Å²) in [6, 6.07) is 7.70. The Labute approximate surface area is 118 Å². The third-order valence-electron chi connectivity index (χ3n) is 3.67. The van der Waals surface area contributed by atoms with Crippen LogP contribution in [0.4, 0.5) is 0 Å². The number of rotatable bonds is 4. The maximum atomic E-state index is 12.4. The Bertz CT molecular complexity index is 502. The average Bonchev–Trinajstić information content (AvgIpc) is 2.57. The third kappa shape index (κ3) is 3.17. The molecule has 5 nitrogen and oxygen atoms in total. The highest BCUT2D eigenvalue weighted by Crippen LogP contribution is 2.21. The lowest BCUT2D eigenvalue weighted by Crippen LogP contribution is -2.44. The molecule has 0 aromatic heterocycles. The molecule has 20 heavy (non-hydrogen) atoms. The van der Waals surface area contributed by atoms with Gasteiger partial charge < -0.3 is 15.0 Å². The number of nitrogens with zero attached hydrogens (tertiary/aromatic N) is 1. The molecule has 1 heterocycles. The van der Waals surface area contributed by atoms with Crippen LogP contribution in [0.2, 0.25) is 0 Å². The smallest absolute Gasteiger partial charge is 0.254 e. The van der Waals surface area contributed by atoms with Gasteiger partial charge in [-0.3, -0.25) is 9.59 Å². The molecule has 1 unspecified atom stereocenters. The molecule has 0 radical (unpaired) electrons. The Balaban J connectivity index is 2.04. The minimum absolute atomic E-state index is 0.00991. The summed E-state index contributed by atoms with van der Waals surface area (Å²) >= 11 is 0. The molecule has 0 fully saturated rings. The Morgan fingerprint density at radius 2 is 2.20 bits per heavy atom. The summed E-state index contributed by atoms with van der Waals surface area (Å²) in [5.74, 6) is -0.140. The first kappa shape index (κ1) is 14.5. The maximum absolute atomic E-state index is 12.4. The maximum Gasteiger partial charge on any atom is 0.254 e. The van der Waals surface area contributed by atoms with Crippen molar-refractivity contribution in [2.45, 2.75) is 18.9 Å². The minimum atomic E-state index is -0.157. The van der Waals surface area contributed by atoms with Crippen molar-refractivity contribution in [1.82, 2.24) is 10.2 Å². The Hall–Kier alpha value is -1.88. The van der Waals surface area contributed by atoms with E-state index in [0.717, 1.165) is 24.0 Å². The fraction of sp³-hybridized carbons (Fsp3) is 0.467. The quantitative estimate of drug-likeness (QED) is 0.886. The van der Waals surface area contributed by atoms with Crippen LogP contribution in [0.3, 0.4) is 0 Å². The van der Waals surface area contributed by atoms with Crippen molar-refractivity contribution in [3.63, 3.8) is 0 Å². The molecule has 1 aliphatic rings. The summed E-state index contributed by atoms with van der Waals surface area (Å²) in [5, 5.41) is 2.80.